The largest absolute Gasteiger partial charge is 0.412 e. The lowest BCUT2D eigenvalue weighted by Gasteiger charge is -2.18. The van der Waals surface area contributed by atoms with Crippen molar-refractivity contribution in [3.63, 3.8) is 0 Å². The molecule has 1 aliphatic rings. The van der Waals surface area contributed by atoms with Gasteiger partial charge in [0.1, 0.15) is 0 Å². The number of benzene rings is 1. The van der Waals surface area contributed by atoms with E-state index >= 15 is 0 Å². The van der Waals surface area contributed by atoms with Crippen molar-refractivity contribution < 1.29 is 9.21 Å². The zero-order valence-electron chi connectivity index (χ0n) is 15.5. The molecule has 0 atom stereocenters. The Morgan fingerprint density at radius 1 is 1.27 bits per heavy atom. The minimum Gasteiger partial charge on any atom is -0.412 e. The standard InChI is InChI=1S/C19H26N4O2S/c1-15-8-5-6-9-16(15)12-21(2)14-23-19(26)25-17(20-23)13-22-11-7-3-4-10-18(22)24/h5-6,8-9H,3-4,7,10-14H2,1-2H3. The van der Waals surface area contributed by atoms with Crippen LogP contribution in [-0.4, -0.2) is 39.1 Å². The predicted octanol–water partition coefficient (Wildman–Crippen LogP) is 3.51. The first-order valence-electron chi connectivity index (χ1n) is 9.10. The second-order valence-corrected chi connectivity index (χ2v) is 7.32. The van der Waals surface area contributed by atoms with E-state index in [1.807, 2.05) is 24.1 Å². The van der Waals surface area contributed by atoms with Gasteiger partial charge in [-0.2, -0.15) is 0 Å². The summed E-state index contributed by atoms with van der Waals surface area (Å²) in [7, 11) is 2.03. The predicted molar refractivity (Wildman–Crippen MR) is 102 cm³/mol. The van der Waals surface area contributed by atoms with Gasteiger partial charge in [0, 0.05) is 19.5 Å². The van der Waals surface area contributed by atoms with Crippen LogP contribution in [0.5, 0.6) is 0 Å². The van der Waals surface area contributed by atoms with Crippen molar-refractivity contribution in [3.8, 4) is 0 Å². The summed E-state index contributed by atoms with van der Waals surface area (Å²) in [6.45, 7) is 4.63. The van der Waals surface area contributed by atoms with Gasteiger partial charge in [-0.25, -0.2) is 4.68 Å². The van der Waals surface area contributed by atoms with Gasteiger partial charge in [-0.15, -0.1) is 5.10 Å². The third-order valence-corrected chi connectivity index (χ3v) is 5.02. The van der Waals surface area contributed by atoms with Gasteiger partial charge in [0.05, 0.1) is 13.2 Å². The Labute approximate surface area is 159 Å². The summed E-state index contributed by atoms with van der Waals surface area (Å²) in [6, 6.07) is 8.34. The Balaban J connectivity index is 1.63. The van der Waals surface area contributed by atoms with E-state index in [1.165, 1.54) is 11.1 Å². The maximum Gasteiger partial charge on any atom is 0.288 e. The van der Waals surface area contributed by atoms with Gasteiger partial charge >= 0.3 is 0 Å². The maximum atomic E-state index is 12.1. The number of aryl methyl sites for hydroxylation is 1. The molecule has 2 heterocycles. The van der Waals surface area contributed by atoms with Crippen molar-refractivity contribution in [2.24, 2.45) is 0 Å². The number of likely N-dealkylation sites (tertiary alicyclic amines) is 1. The van der Waals surface area contributed by atoms with Crippen molar-refractivity contribution in [2.75, 3.05) is 13.6 Å². The lowest BCUT2D eigenvalue weighted by atomic mass is 10.1. The van der Waals surface area contributed by atoms with Gasteiger partial charge < -0.3 is 9.32 Å². The molecule has 1 aromatic heterocycles. The Hall–Kier alpha value is -1.99. The van der Waals surface area contributed by atoms with E-state index in [2.05, 4.69) is 29.1 Å². The number of carbonyl (C=O) groups excluding carboxylic acids is 1. The molecule has 1 amide bonds. The molecule has 0 unspecified atom stereocenters. The molecule has 26 heavy (non-hydrogen) atoms. The molecule has 140 valence electrons. The summed E-state index contributed by atoms with van der Waals surface area (Å²) in [6.07, 6.45) is 3.72. The monoisotopic (exact) mass is 374 g/mol. The molecule has 0 aliphatic carbocycles. The minimum absolute atomic E-state index is 0.176. The number of rotatable bonds is 6. The van der Waals surface area contributed by atoms with Crippen LogP contribution in [0, 0.1) is 11.8 Å². The molecule has 0 N–H and O–H groups in total. The number of hydrogen-bond donors (Lipinski definition) is 0. The number of aromatic nitrogens is 2. The van der Waals surface area contributed by atoms with Gasteiger partial charge in [-0.05, 0) is 50.2 Å². The summed E-state index contributed by atoms with van der Waals surface area (Å²) >= 11 is 5.31. The van der Waals surface area contributed by atoms with E-state index in [1.54, 1.807) is 4.68 Å². The highest BCUT2D eigenvalue weighted by molar-refractivity contribution is 7.71. The highest BCUT2D eigenvalue weighted by atomic mass is 32.1. The lowest BCUT2D eigenvalue weighted by molar-refractivity contribution is -0.131. The molecule has 0 spiro atoms. The smallest absolute Gasteiger partial charge is 0.288 e. The van der Waals surface area contributed by atoms with Crippen LogP contribution in [0.1, 0.15) is 42.7 Å². The fourth-order valence-corrected chi connectivity index (χ4v) is 3.42. The maximum absolute atomic E-state index is 12.1. The van der Waals surface area contributed by atoms with Crippen molar-refractivity contribution in [2.45, 2.75) is 52.4 Å². The minimum atomic E-state index is 0.176. The average Bonchev–Trinajstić information content (AvgIpc) is 2.81. The normalized spacial score (nSPS) is 15.5. The molecule has 0 bridgehead atoms. The van der Waals surface area contributed by atoms with Crippen molar-refractivity contribution >= 4 is 18.1 Å². The summed E-state index contributed by atoms with van der Waals surface area (Å²) in [5, 5.41) is 4.48. The average molecular weight is 375 g/mol. The van der Waals surface area contributed by atoms with Crippen LogP contribution in [0.4, 0.5) is 0 Å². The van der Waals surface area contributed by atoms with Crippen LogP contribution >= 0.6 is 12.2 Å². The van der Waals surface area contributed by atoms with E-state index in [0.717, 1.165) is 32.4 Å². The van der Waals surface area contributed by atoms with E-state index < -0.39 is 0 Å². The van der Waals surface area contributed by atoms with Crippen molar-refractivity contribution in [3.05, 3.63) is 46.1 Å². The first-order valence-corrected chi connectivity index (χ1v) is 9.51. The summed E-state index contributed by atoms with van der Waals surface area (Å²) < 4.78 is 7.31. The third-order valence-electron chi connectivity index (χ3n) is 4.72. The summed E-state index contributed by atoms with van der Waals surface area (Å²) in [5.74, 6) is 0.685. The topological polar surface area (TPSA) is 54.5 Å². The van der Waals surface area contributed by atoms with E-state index in [-0.39, 0.29) is 5.91 Å². The van der Waals surface area contributed by atoms with Crippen molar-refractivity contribution in [1.82, 2.24) is 19.6 Å². The fourth-order valence-electron chi connectivity index (χ4n) is 3.23. The molecule has 1 aliphatic heterocycles. The van der Waals surface area contributed by atoms with Crippen LogP contribution in [-0.2, 0) is 24.6 Å². The van der Waals surface area contributed by atoms with Crippen LogP contribution in [0.3, 0.4) is 0 Å². The van der Waals surface area contributed by atoms with E-state index in [9.17, 15) is 4.79 Å². The van der Waals surface area contributed by atoms with Gasteiger partial charge in [-0.1, -0.05) is 30.7 Å². The molecule has 1 fully saturated rings. The zero-order valence-corrected chi connectivity index (χ0v) is 16.3. The fraction of sp³-hybridized carbons (Fsp3) is 0.526. The van der Waals surface area contributed by atoms with Gasteiger partial charge in [-0.3, -0.25) is 9.69 Å². The number of carbonyl (C=O) groups is 1. The Kier molecular flexibility index (Phi) is 6.21. The molecule has 1 saturated heterocycles. The molecule has 7 heteroatoms. The molecule has 2 aromatic rings. The Morgan fingerprint density at radius 2 is 2.08 bits per heavy atom. The summed E-state index contributed by atoms with van der Waals surface area (Å²) in [4.78, 5) is 16.5. The number of amides is 1. The Bertz CT molecular complexity index is 814. The van der Waals surface area contributed by atoms with Gasteiger partial charge in [0.15, 0.2) is 0 Å². The third kappa shape index (κ3) is 4.80. The van der Waals surface area contributed by atoms with Crippen molar-refractivity contribution in [1.29, 1.82) is 0 Å². The highest BCUT2D eigenvalue weighted by Crippen LogP contribution is 2.15. The Morgan fingerprint density at radius 3 is 2.88 bits per heavy atom. The van der Waals surface area contributed by atoms with Crippen LogP contribution in [0.25, 0.3) is 0 Å². The first-order chi connectivity index (χ1) is 12.5. The summed E-state index contributed by atoms with van der Waals surface area (Å²) in [5.41, 5.74) is 2.55. The van der Waals surface area contributed by atoms with Crippen LogP contribution < -0.4 is 0 Å². The highest BCUT2D eigenvalue weighted by Gasteiger charge is 2.19. The second-order valence-electron chi connectivity index (χ2n) is 6.97. The molecule has 0 saturated carbocycles. The zero-order chi connectivity index (χ0) is 18.5. The lowest BCUT2D eigenvalue weighted by Crippen LogP contribution is -2.30. The van der Waals surface area contributed by atoms with Crippen LogP contribution in [0.2, 0.25) is 0 Å². The van der Waals surface area contributed by atoms with Gasteiger partial charge in [0.2, 0.25) is 11.8 Å². The quantitative estimate of drug-likeness (QED) is 0.724. The molecule has 1 aromatic carbocycles. The molecule has 3 rings (SSSR count). The molecular formula is C19H26N4O2S. The molecule has 0 radical (unpaired) electrons. The number of nitrogens with zero attached hydrogens (tertiary/aromatic N) is 4. The molecule has 6 nitrogen and oxygen atoms in total. The van der Waals surface area contributed by atoms with Crippen LogP contribution in [0.15, 0.2) is 28.7 Å². The van der Waals surface area contributed by atoms with E-state index in [4.69, 9.17) is 16.6 Å². The van der Waals surface area contributed by atoms with E-state index in [0.29, 0.717) is 30.4 Å². The molecular weight excluding hydrogens is 348 g/mol. The van der Waals surface area contributed by atoms with Gasteiger partial charge in [0.25, 0.3) is 4.84 Å². The second kappa shape index (κ2) is 8.60. The SMILES string of the molecule is Cc1ccccc1CN(C)Cn1nc(CN2CCCCCC2=O)oc1=S. The number of hydrogen-bond acceptors (Lipinski definition) is 5. The first kappa shape index (κ1) is 18.8.